The third-order valence-electron chi connectivity index (χ3n) is 7.59. The summed E-state index contributed by atoms with van der Waals surface area (Å²) in [7, 11) is 0. The summed E-state index contributed by atoms with van der Waals surface area (Å²) in [5.41, 5.74) is 20.2. The van der Waals surface area contributed by atoms with Crippen LogP contribution in [0.3, 0.4) is 0 Å². The van der Waals surface area contributed by atoms with Crippen LogP contribution < -0.4 is 38.5 Å². The number of hydrogen-bond donors (Lipinski definition) is 7. The second-order valence-electron chi connectivity index (χ2n) is 12.0. The number of thiophene rings is 1. The van der Waals surface area contributed by atoms with Crippen molar-refractivity contribution in [3.8, 4) is 0 Å². The Balaban J connectivity index is 1.68. The van der Waals surface area contributed by atoms with E-state index in [0.29, 0.717) is 18.4 Å². The van der Waals surface area contributed by atoms with Gasteiger partial charge in [-0.15, -0.1) is 0 Å². The summed E-state index contributed by atoms with van der Waals surface area (Å²) in [4.78, 5) is 56.0. The Hall–Kier alpha value is -4.23. The Morgan fingerprint density at radius 2 is 1.70 bits per heavy atom. The van der Waals surface area contributed by atoms with E-state index >= 15 is 0 Å². The molecule has 2 aromatic rings. The molecule has 3 rings (SSSR count). The standard InChI is InChI=1S/C33H48N8O4S/c1-21(2)16-26(19-29(42)40-28(30(34)43)18-24-11-15-46-20-24)39-32(45)27(4-3-12-38-33(35)36)41-31(44)25-7-5-22(6-8-25)17-23-9-13-37-14-10-23/h5-8,11,15,17,20-21,26-28,37H,3-4,9-10,12-14,16,18-19H2,1-2H3,(H2,34,43)(H,39,45)(H,40,42)(H,41,44)(H4,35,36,38)/t26?,27-,28?/m0/s1. The summed E-state index contributed by atoms with van der Waals surface area (Å²) in [5, 5.41) is 15.7. The quantitative estimate of drug-likeness (QED) is 0.0765. The van der Waals surface area contributed by atoms with Gasteiger partial charge in [-0.05, 0) is 91.2 Å². The van der Waals surface area contributed by atoms with Gasteiger partial charge in [0.05, 0.1) is 0 Å². The molecular weight excluding hydrogens is 604 g/mol. The zero-order valence-electron chi connectivity index (χ0n) is 26.7. The van der Waals surface area contributed by atoms with Crippen molar-refractivity contribution in [2.75, 3.05) is 19.6 Å². The minimum Gasteiger partial charge on any atom is -0.370 e. The Labute approximate surface area is 275 Å². The van der Waals surface area contributed by atoms with Crippen LogP contribution >= 0.6 is 11.3 Å². The van der Waals surface area contributed by atoms with Crippen molar-refractivity contribution in [1.82, 2.24) is 21.3 Å². The maximum absolute atomic E-state index is 13.6. The number of nitrogens with zero attached hydrogens (tertiary/aromatic N) is 1. The molecule has 46 heavy (non-hydrogen) atoms. The number of carbonyl (C=O) groups is 4. The lowest BCUT2D eigenvalue weighted by Crippen LogP contribution is -2.52. The first-order valence-corrected chi connectivity index (χ1v) is 16.7. The van der Waals surface area contributed by atoms with Crippen LogP contribution in [0.5, 0.6) is 0 Å². The third kappa shape index (κ3) is 13.0. The molecule has 1 aliphatic rings. The monoisotopic (exact) mass is 652 g/mol. The lowest BCUT2D eigenvalue weighted by molar-refractivity contribution is -0.128. The fourth-order valence-corrected chi connectivity index (χ4v) is 5.96. The van der Waals surface area contributed by atoms with Gasteiger partial charge in [0, 0.05) is 31.0 Å². The van der Waals surface area contributed by atoms with Crippen LogP contribution in [0.4, 0.5) is 0 Å². The van der Waals surface area contributed by atoms with Crippen molar-refractivity contribution in [3.05, 3.63) is 63.4 Å². The topological polar surface area (TPSA) is 207 Å². The lowest BCUT2D eigenvalue weighted by atomic mass is 9.99. The maximum atomic E-state index is 13.6. The average molecular weight is 653 g/mol. The Morgan fingerprint density at radius 3 is 2.30 bits per heavy atom. The largest absolute Gasteiger partial charge is 0.370 e. The van der Waals surface area contributed by atoms with Gasteiger partial charge in [0.2, 0.25) is 17.7 Å². The molecule has 10 N–H and O–H groups in total. The molecule has 1 saturated heterocycles. The van der Waals surface area contributed by atoms with Crippen molar-refractivity contribution in [1.29, 1.82) is 0 Å². The molecule has 4 amide bonds. The number of primary amides is 1. The molecule has 2 unspecified atom stereocenters. The van der Waals surface area contributed by atoms with Crippen molar-refractivity contribution < 1.29 is 19.2 Å². The van der Waals surface area contributed by atoms with Crippen LogP contribution in [-0.2, 0) is 20.8 Å². The van der Waals surface area contributed by atoms with Gasteiger partial charge in [-0.1, -0.05) is 37.6 Å². The van der Waals surface area contributed by atoms with Crippen LogP contribution in [0, 0.1) is 5.92 Å². The predicted octanol–water partition coefficient (Wildman–Crippen LogP) is 1.80. The number of benzene rings is 1. The number of guanidine groups is 1. The molecule has 250 valence electrons. The van der Waals surface area contributed by atoms with E-state index in [4.69, 9.17) is 17.2 Å². The normalized spacial score (nSPS) is 14.9. The predicted molar refractivity (Wildman–Crippen MR) is 183 cm³/mol. The van der Waals surface area contributed by atoms with E-state index in [1.54, 1.807) is 12.1 Å². The van der Waals surface area contributed by atoms with Gasteiger partial charge < -0.3 is 38.5 Å². The van der Waals surface area contributed by atoms with Crippen molar-refractivity contribution >= 4 is 47.0 Å². The molecule has 2 heterocycles. The van der Waals surface area contributed by atoms with Crippen molar-refractivity contribution in [2.24, 2.45) is 28.1 Å². The number of rotatable bonds is 17. The molecule has 1 aromatic carbocycles. The number of nitrogens with one attached hydrogen (secondary N) is 4. The van der Waals surface area contributed by atoms with E-state index < -0.39 is 35.8 Å². The highest BCUT2D eigenvalue weighted by Crippen LogP contribution is 2.17. The van der Waals surface area contributed by atoms with Crippen LogP contribution in [-0.4, -0.2) is 67.3 Å². The molecule has 1 aliphatic heterocycles. The smallest absolute Gasteiger partial charge is 0.251 e. The molecule has 0 bridgehead atoms. The number of piperidine rings is 1. The first-order chi connectivity index (χ1) is 22.0. The van der Waals surface area contributed by atoms with E-state index in [1.165, 1.54) is 16.9 Å². The Bertz CT molecular complexity index is 1350. The number of hydrogen-bond acceptors (Lipinski definition) is 7. The summed E-state index contributed by atoms with van der Waals surface area (Å²) in [6, 6.07) is 6.84. The second kappa shape index (κ2) is 18.7. The zero-order chi connectivity index (χ0) is 33.5. The molecule has 0 aliphatic carbocycles. The highest BCUT2D eigenvalue weighted by atomic mass is 32.1. The van der Waals surface area contributed by atoms with Crippen LogP contribution in [0.25, 0.3) is 6.08 Å². The Morgan fingerprint density at radius 1 is 0.978 bits per heavy atom. The number of amides is 4. The SMILES string of the molecule is CC(C)CC(CC(=O)NC(Cc1ccsc1)C(N)=O)NC(=O)[C@H](CCCN=C(N)N)NC(=O)c1ccc(C=C2CCNCC2)cc1. The summed E-state index contributed by atoms with van der Waals surface area (Å²) in [5.74, 6) is -1.75. The molecule has 1 aromatic heterocycles. The lowest BCUT2D eigenvalue weighted by Gasteiger charge is -2.25. The van der Waals surface area contributed by atoms with Gasteiger partial charge in [-0.3, -0.25) is 24.2 Å². The van der Waals surface area contributed by atoms with Gasteiger partial charge >= 0.3 is 0 Å². The van der Waals surface area contributed by atoms with Gasteiger partial charge in [0.1, 0.15) is 12.1 Å². The highest BCUT2D eigenvalue weighted by Gasteiger charge is 2.27. The summed E-state index contributed by atoms with van der Waals surface area (Å²) >= 11 is 1.49. The van der Waals surface area contributed by atoms with Gasteiger partial charge in [-0.2, -0.15) is 11.3 Å². The Kier molecular flexibility index (Phi) is 14.7. The molecule has 0 radical (unpaired) electrons. The average Bonchev–Trinajstić information content (AvgIpc) is 3.52. The number of carbonyl (C=O) groups excluding carboxylic acids is 4. The minimum absolute atomic E-state index is 0.0548. The molecule has 13 heteroatoms. The first-order valence-electron chi connectivity index (χ1n) is 15.8. The first kappa shape index (κ1) is 36.2. The number of aliphatic imine (C=N–C) groups is 1. The third-order valence-corrected chi connectivity index (χ3v) is 8.32. The molecule has 1 fully saturated rings. The zero-order valence-corrected chi connectivity index (χ0v) is 27.5. The van der Waals surface area contributed by atoms with Crippen LogP contribution in [0.2, 0.25) is 0 Å². The van der Waals surface area contributed by atoms with E-state index in [1.807, 2.05) is 42.8 Å². The molecule has 0 saturated carbocycles. The van der Waals surface area contributed by atoms with Gasteiger partial charge in [-0.25, -0.2) is 0 Å². The van der Waals surface area contributed by atoms with Crippen LogP contribution in [0.1, 0.15) is 73.9 Å². The summed E-state index contributed by atoms with van der Waals surface area (Å²) < 4.78 is 0. The van der Waals surface area contributed by atoms with Crippen molar-refractivity contribution in [2.45, 2.75) is 76.9 Å². The fourth-order valence-electron chi connectivity index (χ4n) is 5.28. The van der Waals surface area contributed by atoms with Crippen LogP contribution in [0.15, 0.2) is 51.7 Å². The molecule has 0 spiro atoms. The fraction of sp³-hybridized carbons (Fsp3) is 0.485. The second-order valence-corrected chi connectivity index (χ2v) is 12.8. The molecule has 12 nitrogen and oxygen atoms in total. The maximum Gasteiger partial charge on any atom is 0.251 e. The summed E-state index contributed by atoms with van der Waals surface area (Å²) in [6.07, 6.45) is 5.60. The van der Waals surface area contributed by atoms with Gasteiger partial charge in [0.15, 0.2) is 5.96 Å². The highest BCUT2D eigenvalue weighted by molar-refractivity contribution is 7.07. The van der Waals surface area contributed by atoms with Gasteiger partial charge in [0.25, 0.3) is 5.91 Å². The van der Waals surface area contributed by atoms with E-state index in [0.717, 1.165) is 37.1 Å². The van der Waals surface area contributed by atoms with E-state index in [2.05, 4.69) is 32.3 Å². The number of nitrogens with two attached hydrogens (primary N) is 3. The summed E-state index contributed by atoms with van der Waals surface area (Å²) in [6.45, 7) is 6.19. The van der Waals surface area contributed by atoms with E-state index in [9.17, 15) is 19.2 Å². The molecule has 3 atom stereocenters. The minimum atomic E-state index is -0.895. The van der Waals surface area contributed by atoms with Crippen molar-refractivity contribution in [3.63, 3.8) is 0 Å². The van der Waals surface area contributed by atoms with E-state index in [-0.39, 0.29) is 43.6 Å². The molecular formula is C33H48N8O4S.